The van der Waals surface area contributed by atoms with Gasteiger partial charge in [-0.05, 0) is 31.4 Å². The smallest absolute Gasteiger partial charge is 0.417 e. The molecule has 7 nitrogen and oxygen atoms in total. The molecule has 1 aromatic heterocycles. The summed E-state index contributed by atoms with van der Waals surface area (Å²) in [5.41, 5.74) is 0.320. The second-order valence-corrected chi connectivity index (χ2v) is 7.44. The van der Waals surface area contributed by atoms with Crippen molar-refractivity contribution in [3.63, 3.8) is 0 Å². The Morgan fingerprint density at radius 1 is 1.29 bits per heavy atom. The van der Waals surface area contributed by atoms with Gasteiger partial charge in [0, 0.05) is 37.4 Å². The topological polar surface area (TPSA) is 80.8 Å². The van der Waals surface area contributed by atoms with Crippen molar-refractivity contribution in [1.82, 2.24) is 9.88 Å². The average molecular weight is 435 g/mol. The van der Waals surface area contributed by atoms with E-state index in [9.17, 15) is 22.8 Å². The zero-order valence-electron chi connectivity index (χ0n) is 16.7. The van der Waals surface area contributed by atoms with Gasteiger partial charge in [0.25, 0.3) is 0 Å². The number of hydrogen-bond donors (Lipinski definition) is 1. The summed E-state index contributed by atoms with van der Waals surface area (Å²) in [6.07, 6.45) is -1.57. The maximum atomic E-state index is 12.7. The Kier molecular flexibility index (Phi) is 5.47. The van der Waals surface area contributed by atoms with E-state index in [-0.39, 0.29) is 17.7 Å². The van der Waals surface area contributed by atoms with E-state index in [1.807, 2.05) is 0 Å². The minimum atomic E-state index is -4.49. The highest BCUT2D eigenvalue weighted by atomic mass is 19.4. The van der Waals surface area contributed by atoms with Crippen molar-refractivity contribution < 1.29 is 32.2 Å². The molecule has 1 saturated heterocycles. The molecule has 0 aliphatic carbocycles. The van der Waals surface area contributed by atoms with E-state index in [1.165, 1.54) is 11.0 Å². The number of carbonyl (C=O) groups is 2. The molecule has 4 rings (SSSR count). The maximum Gasteiger partial charge on any atom is 0.417 e. The molecule has 10 heteroatoms. The van der Waals surface area contributed by atoms with Crippen LogP contribution in [0.2, 0.25) is 0 Å². The van der Waals surface area contributed by atoms with Crippen LogP contribution in [0.25, 0.3) is 0 Å². The molecule has 0 saturated carbocycles. The molecule has 1 N–H and O–H groups in total. The Balaban J connectivity index is 1.58. The molecule has 0 radical (unpaired) electrons. The largest absolute Gasteiger partial charge is 0.491 e. The van der Waals surface area contributed by atoms with Gasteiger partial charge >= 0.3 is 6.18 Å². The number of benzene rings is 1. The van der Waals surface area contributed by atoms with Crippen LogP contribution in [-0.2, 0) is 22.2 Å². The van der Waals surface area contributed by atoms with Crippen LogP contribution in [0.3, 0.4) is 0 Å². The van der Waals surface area contributed by atoms with Gasteiger partial charge in [-0.25, -0.2) is 4.98 Å². The van der Waals surface area contributed by atoms with Crippen LogP contribution in [-0.4, -0.2) is 41.4 Å². The molecule has 2 amide bonds. The molecule has 31 heavy (non-hydrogen) atoms. The van der Waals surface area contributed by atoms with Crippen LogP contribution in [0, 0.1) is 0 Å². The number of aryl methyl sites for hydroxylation is 1. The summed E-state index contributed by atoms with van der Waals surface area (Å²) >= 11 is 0. The Bertz CT molecular complexity index is 1010. The van der Waals surface area contributed by atoms with Crippen LogP contribution in [0.5, 0.6) is 17.4 Å². The summed E-state index contributed by atoms with van der Waals surface area (Å²) in [6.45, 7) is 0.498. The van der Waals surface area contributed by atoms with Crippen LogP contribution < -0.4 is 14.8 Å². The Morgan fingerprint density at radius 2 is 2.10 bits per heavy atom. The maximum absolute atomic E-state index is 12.7. The van der Waals surface area contributed by atoms with E-state index >= 15 is 0 Å². The molecule has 1 aromatic carbocycles. The lowest BCUT2D eigenvalue weighted by molar-refractivity contribution is -0.137. The van der Waals surface area contributed by atoms with Gasteiger partial charge in [-0.15, -0.1) is 0 Å². The number of aromatic nitrogens is 1. The Hall–Kier alpha value is -3.30. The van der Waals surface area contributed by atoms with Crippen molar-refractivity contribution in [2.75, 3.05) is 19.0 Å². The van der Waals surface area contributed by atoms with E-state index in [0.29, 0.717) is 49.3 Å². The number of nitrogens with zero attached hydrogens (tertiary/aromatic N) is 2. The number of rotatable bonds is 4. The van der Waals surface area contributed by atoms with Gasteiger partial charge in [-0.1, -0.05) is 0 Å². The van der Waals surface area contributed by atoms with E-state index in [0.717, 1.165) is 24.1 Å². The fourth-order valence-electron chi connectivity index (χ4n) is 3.66. The highest BCUT2D eigenvalue weighted by molar-refractivity contribution is 6.00. The number of likely N-dealkylation sites (N-methyl/N-ethyl adjacent to an activating group) is 1. The van der Waals surface area contributed by atoms with Crippen molar-refractivity contribution in [3.8, 4) is 17.4 Å². The summed E-state index contributed by atoms with van der Waals surface area (Å²) < 4.78 is 49.6. The first kappa shape index (κ1) is 21.0. The number of likely N-dealkylation sites (tertiary alicyclic amines) is 1. The highest BCUT2D eigenvalue weighted by Crippen LogP contribution is 2.39. The number of carbonyl (C=O) groups excluding carboxylic acids is 2. The van der Waals surface area contributed by atoms with Gasteiger partial charge < -0.3 is 19.7 Å². The first-order valence-electron chi connectivity index (χ1n) is 9.80. The third-order valence-electron chi connectivity index (χ3n) is 5.32. The van der Waals surface area contributed by atoms with Crippen LogP contribution in [0.15, 0.2) is 30.5 Å². The summed E-state index contributed by atoms with van der Waals surface area (Å²) in [7, 11) is 1.58. The molecule has 0 unspecified atom stereocenters. The number of alkyl halides is 3. The standard InChI is InChI=1S/C21H20F3N3O4/c1-27-16(5-7-18(27)28)20(29)26-15-10-14(9-12-3-2-8-30-19(12)15)31-17-6-4-13(11-25-17)21(22,23)24/h4,6,9-11,16H,2-3,5,7-8H2,1H3,(H,26,29)/t16-/m1/s1. The summed E-state index contributed by atoms with van der Waals surface area (Å²) in [5.74, 6) is 0.392. The molecular weight excluding hydrogens is 415 g/mol. The number of pyridine rings is 1. The molecule has 3 heterocycles. The number of halogens is 3. The van der Waals surface area contributed by atoms with Crippen molar-refractivity contribution in [2.24, 2.45) is 0 Å². The van der Waals surface area contributed by atoms with E-state index < -0.39 is 17.8 Å². The van der Waals surface area contributed by atoms with Crippen molar-refractivity contribution in [2.45, 2.75) is 37.9 Å². The molecule has 2 aromatic rings. The first-order chi connectivity index (χ1) is 14.7. The van der Waals surface area contributed by atoms with Gasteiger partial charge in [0.2, 0.25) is 17.7 Å². The molecular formula is C21H20F3N3O4. The first-order valence-corrected chi connectivity index (χ1v) is 9.80. The van der Waals surface area contributed by atoms with E-state index in [2.05, 4.69) is 10.3 Å². The number of fused-ring (bicyclic) bond motifs is 1. The van der Waals surface area contributed by atoms with Crippen molar-refractivity contribution in [3.05, 3.63) is 41.6 Å². The van der Waals surface area contributed by atoms with Crippen molar-refractivity contribution in [1.29, 1.82) is 0 Å². The summed E-state index contributed by atoms with van der Waals surface area (Å²) in [5, 5.41) is 2.81. The van der Waals surface area contributed by atoms with Gasteiger partial charge in [0.15, 0.2) is 0 Å². The van der Waals surface area contributed by atoms with Gasteiger partial charge in [-0.2, -0.15) is 13.2 Å². The number of amides is 2. The lowest BCUT2D eigenvalue weighted by atomic mass is 10.0. The summed E-state index contributed by atoms with van der Waals surface area (Å²) in [6, 6.07) is 4.70. The van der Waals surface area contributed by atoms with E-state index in [4.69, 9.17) is 9.47 Å². The number of ether oxygens (including phenoxy) is 2. The van der Waals surface area contributed by atoms with Crippen LogP contribution in [0.4, 0.5) is 18.9 Å². The molecule has 1 atom stereocenters. The number of anilines is 1. The Labute approximate surface area is 176 Å². The highest BCUT2D eigenvalue weighted by Gasteiger charge is 2.34. The predicted octanol–water partition coefficient (Wildman–Crippen LogP) is 3.78. The van der Waals surface area contributed by atoms with E-state index in [1.54, 1.807) is 13.1 Å². The molecule has 2 aliphatic rings. The molecule has 1 fully saturated rings. The second-order valence-electron chi connectivity index (χ2n) is 7.44. The minimum Gasteiger partial charge on any atom is -0.491 e. The van der Waals surface area contributed by atoms with Gasteiger partial charge in [-0.3, -0.25) is 9.59 Å². The second kappa shape index (κ2) is 8.09. The normalized spacial score (nSPS) is 18.4. The monoisotopic (exact) mass is 435 g/mol. The lowest BCUT2D eigenvalue weighted by Crippen LogP contribution is -2.39. The molecule has 0 spiro atoms. The zero-order chi connectivity index (χ0) is 22.2. The third-order valence-corrected chi connectivity index (χ3v) is 5.32. The number of nitrogens with one attached hydrogen (secondary N) is 1. The lowest BCUT2D eigenvalue weighted by Gasteiger charge is -2.24. The Morgan fingerprint density at radius 3 is 2.74 bits per heavy atom. The van der Waals surface area contributed by atoms with Crippen LogP contribution in [0.1, 0.15) is 30.4 Å². The quantitative estimate of drug-likeness (QED) is 0.791. The fraction of sp³-hybridized carbons (Fsp3) is 0.381. The summed E-state index contributed by atoms with van der Waals surface area (Å²) in [4.78, 5) is 29.6. The minimum absolute atomic E-state index is 0.0110. The van der Waals surface area contributed by atoms with Gasteiger partial charge in [0.05, 0.1) is 17.9 Å². The molecule has 0 bridgehead atoms. The van der Waals surface area contributed by atoms with Crippen molar-refractivity contribution >= 4 is 17.5 Å². The number of hydrogen-bond acceptors (Lipinski definition) is 5. The average Bonchev–Trinajstić information content (AvgIpc) is 3.06. The molecule has 164 valence electrons. The van der Waals surface area contributed by atoms with Crippen LogP contribution >= 0.6 is 0 Å². The molecule has 2 aliphatic heterocycles. The van der Waals surface area contributed by atoms with Gasteiger partial charge in [0.1, 0.15) is 17.5 Å². The predicted molar refractivity (Wildman–Crippen MR) is 104 cm³/mol. The zero-order valence-corrected chi connectivity index (χ0v) is 16.7. The SMILES string of the molecule is CN1C(=O)CC[C@@H]1C(=O)Nc1cc(Oc2ccc(C(F)(F)F)cn2)cc2c1OCCC2. The fourth-order valence-corrected chi connectivity index (χ4v) is 3.66. The third kappa shape index (κ3) is 4.42.